The highest BCUT2D eigenvalue weighted by molar-refractivity contribution is 5.94. The van der Waals surface area contributed by atoms with Crippen LogP contribution in [0, 0.1) is 0 Å². The lowest BCUT2D eigenvalue weighted by molar-refractivity contribution is -0.117. The number of carbonyl (C=O) groups is 1. The minimum absolute atomic E-state index is 0.0556. The summed E-state index contributed by atoms with van der Waals surface area (Å²) in [4.78, 5) is 12.3. The van der Waals surface area contributed by atoms with Gasteiger partial charge in [-0.1, -0.05) is 25.1 Å². The molecule has 0 bridgehead atoms. The van der Waals surface area contributed by atoms with Gasteiger partial charge in [-0.2, -0.15) is 0 Å². The molecule has 0 unspecified atom stereocenters. The van der Waals surface area contributed by atoms with Crippen LogP contribution in [0.2, 0.25) is 0 Å². The van der Waals surface area contributed by atoms with E-state index in [0.29, 0.717) is 6.54 Å². The third-order valence-electron chi connectivity index (χ3n) is 4.07. The van der Waals surface area contributed by atoms with Gasteiger partial charge in [0.1, 0.15) is 0 Å². The van der Waals surface area contributed by atoms with Crippen molar-refractivity contribution in [1.82, 2.24) is 5.32 Å². The van der Waals surface area contributed by atoms with E-state index in [2.05, 4.69) is 17.6 Å². The predicted octanol–water partition coefficient (Wildman–Crippen LogP) is 3.09. The summed E-state index contributed by atoms with van der Waals surface area (Å²) in [6, 6.07) is 13.4. The molecule has 1 amide bonds. The SMILES string of the molecule is CCc1ccc(NC(=O)[C@H](C)NCc2ccc3c(c2)OCO3)cc1. The van der Waals surface area contributed by atoms with Gasteiger partial charge in [0.2, 0.25) is 12.7 Å². The van der Waals surface area contributed by atoms with Crippen LogP contribution in [0.3, 0.4) is 0 Å². The summed E-state index contributed by atoms with van der Waals surface area (Å²) in [5.41, 5.74) is 3.11. The van der Waals surface area contributed by atoms with Crippen molar-refractivity contribution in [3.8, 4) is 11.5 Å². The molecule has 1 aliphatic heterocycles. The molecule has 0 aliphatic carbocycles. The topological polar surface area (TPSA) is 59.6 Å². The van der Waals surface area contributed by atoms with Gasteiger partial charge in [-0.3, -0.25) is 4.79 Å². The molecule has 0 spiro atoms. The van der Waals surface area contributed by atoms with E-state index in [1.54, 1.807) is 0 Å². The Balaban J connectivity index is 1.52. The van der Waals surface area contributed by atoms with Crippen molar-refractivity contribution in [1.29, 1.82) is 0 Å². The second kappa shape index (κ2) is 7.36. The number of ether oxygens (including phenoxy) is 2. The predicted molar refractivity (Wildman–Crippen MR) is 93.3 cm³/mol. The standard InChI is InChI=1S/C19H22N2O3/c1-3-14-4-7-16(8-5-14)21-19(22)13(2)20-11-15-6-9-17-18(10-15)24-12-23-17/h4-10,13,20H,3,11-12H2,1-2H3,(H,21,22)/t13-/m0/s1. The van der Waals surface area contributed by atoms with E-state index in [-0.39, 0.29) is 18.7 Å². The molecule has 1 atom stereocenters. The molecule has 1 heterocycles. The van der Waals surface area contributed by atoms with Crippen LogP contribution in [0.5, 0.6) is 11.5 Å². The van der Waals surface area contributed by atoms with Crippen LogP contribution in [-0.2, 0) is 17.8 Å². The van der Waals surface area contributed by atoms with Gasteiger partial charge in [-0.05, 0) is 48.7 Å². The maximum Gasteiger partial charge on any atom is 0.241 e. The van der Waals surface area contributed by atoms with Crippen molar-refractivity contribution in [3.05, 3.63) is 53.6 Å². The number of hydrogen-bond donors (Lipinski definition) is 2. The lowest BCUT2D eigenvalue weighted by atomic mass is 10.1. The maximum absolute atomic E-state index is 12.3. The number of carbonyl (C=O) groups excluding carboxylic acids is 1. The average molecular weight is 326 g/mol. The Morgan fingerprint density at radius 2 is 1.79 bits per heavy atom. The molecule has 5 heteroatoms. The summed E-state index contributed by atoms with van der Waals surface area (Å²) in [6.07, 6.45) is 0.988. The first-order valence-electron chi connectivity index (χ1n) is 8.17. The molecule has 2 aromatic rings. The lowest BCUT2D eigenvalue weighted by Gasteiger charge is -2.14. The van der Waals surface area contributed by atoms with Crippen LogP contribution in [0.25, 0.3) is 0 Å². The molecular formula is C19H22N2O3. The van der Waals surface area contributed by atoms with Crippen molar-refractivity contribution in [2.45, 2.75) is 32.9 Å². The molecular weight excluding hydrogens is 304 g/mol. The Morgan fingerprint density at radius 3 is 2.54 bits per heavy atom. The van der Waals surface area contributed by atoms with Crippen LogP contribution in [0.15, 0.2) is 42.5 Å². The Labute approximate surface area is 142 Å². The second-order valence-corrected chi connectivity index (χ2v) is 5.83. The van der Waals surface area contributed by atoms with E-state index in [0.717, 1.165) is 29.2 Å². The van der Waals surface area contributed by atoms with Gasteiger partial charge in [0.25, 0.3) is 0 Å². The molecule has 2 N–H and O–H groups in total. The number of aryl methyl sites for hydroxylation is 1. The van der Waals surface area contributed by atoms with Gasteiger partial charge in [-0.25, -0.2) is 0 Å². The van der Waals surface area contributed by atoms with Gasteiger partial charge >= 0.3 is 0 Å². The van der Waals surface area contributed by atoms with Crippen molar-refractivity contribution in [2.75, 3.05) is 12.1 Å². The summed E-state index contributed by atoms with van der Waals surface area (Å²) >= 11 is 0. The van der Waals surface area contributed by atoms with E-state index in [4.69, 9.17) is 9.47 Å². The van der Waals surface area contributed by atoms with Gasteiger partial charge in [0.15, 0.2) is 11.5 Å². The number of nitrogens with one attached hydrogen (secondary N) is 2. The minimum Gasteiger partial charge on any atom is -0.454 e. The molecule has 0 saturated heterocycles. The molecule has 3 rings (SSSR count). The van der Waals surface area contributed by atoms with Crippen LogP contribution in [0.1, 0.15) is 25.0 Å². The van der Waals surface area contributed by atoms with Gasteiger partial charge < -0.3 is 20.1 Å². The number of hydrogen-bond acceptors (Lipinski definition) is 4. The number of anilines is 1. The first kappa shape index (κ1) is 16.3. The van der Waals surface area contributed by atoms with Crippen LogP contribution in [0.4, 0.5) is 5.69 Å². The zero-order valence-corrected chi connectivity index (χ0v) is 14.0. The summed E-state index contributed by atoms with van der Waals surface area (Å²) in [6.45, 7) is 4.81. The zero-order chi connectivity index (χ0) is 16.9. The Kier molecular flexibility index (Phi) is 5.01. The number of rotatable bonds is 6. The third-order valence-corrected chi connectivity index (χ3v) is 4.07. The normalized spacial score (nSPS) is 13.6. The molecule has 0 aromatic heterocycles. The number of amides is 1. The summed E-state index contributed by atoms with van der Waals surface area (Å²) in [5, 5.41) is 6.15. The largest absolute Gasteiger partial charge is 0.454 e. The quantitative estimate of drug-likeness (QED) is 0.856. The summed E-state index contributed by atoms with van der Waals surface area (Å²) in [7, 11) is 0. The Hall–Kier alpha value is -2.53. The van der Waals surface area contributed by atoms with E-state index < -0.39 is 0 Å². The molecule has 2 aromatic carbocycles. The van der Waals surface area contributed by atoms with E-state index in [1.165, 1.54) is 5.56 Å². The van der Waals surface area contributed by atoms with Gasteiger partial charge in [-0.15, -0.1) is 0 Å². The molecule has 0 radical (unpaired) electrons. The first-order chi connectivity index (χ1) is 11.7. The van der Waals surface area contributed by atoms with Gasteiger partial charge in [0, 0.05) is 12.2 Å². The van der Waals surface area contributed by atoms with Crippen molar-refractivity contribution < 1.29 is 14.3 Å². The highest BCUT2D eigenvalue weighted by Crippen LogP contribution is 2.32. The fourth-order valence-corrected chi connectivity index (χ4v) is 2.49. The van der Waals surface area contributed by atoms with Crippen LogP contribution in [-0.4, -0.2) is 18.7 Å². The van der Waals surface area contributed by atoms with E-state index in [9.17, 15) is 4.79 Å². The number of fused-ring (bicyclic) bond motifs is 1. The van der Waals surface area contributed by atoms with Crippen molar-refractivity contribution in [2.24, 2.45) is 0 Å². The maximum atomic E-state index is 12.3. The third kappa shape index (κ3) is 3.86. The molecule has 0 saturated carbocycles. The first-order valence-corrected chi connectivity index (χ1v) is 8.17. The Morgan fingerprint density at radius 1 is 1.08 bits per heavy atom. The van der Waals surface area contributed by atoms with Crippen LogP contribution < -0.4 is 20.1 Å². The average Bonchev–Trinajstić information content (AvgIpc) is 3.08. The van der Waals surface area contributed by atoms with E-state index in [1.807, 2.05) is 49.4 Å². The highest BCUT2D eigenvalue weighted by atomic mass is 16.7. The Bertz CT molecular complexity index is 713. The summed E-state index contributed by atoms with van der Waals surface area (Å²) in [5.74, 6) is 1.46. The highest BCUT2D eigenvalue weighted by Gasteiger charge is 2.15. The molecule has 5 nitrogen and oxygen atoms in total. The molecule has 0 fully saturated rings. The number of benzene rings is 2. The van der Waals surface area contributed by atoms with Gasteiger partial charge in [0.05, 0.1) is 6.04 Å². The van der Waals surface area contributed by atoms with E-state index >= 15 is 0 Å². The second-order valence-electron chi connectivity index (χ2n) is 5.83. The van der Waals surface area contributed by atoms with Crippen molar-refractivity contribution in [3.63, 3.8) is 0 Å². The van der Waals surface area contributed by atoms with Crippen LogP contribution >= 0.6 is 0 Å². The monoisotopic (exact) mass is 326 g/mol. The molecule has 1 aliphatic rings. The minimum atomic E-state index is -0.304. The fraction of sp³-hybridized carbons (Fsp3) is 0.316. The summed E-state index contributed by atoms with van der Waals surface area (Å²) < 4.78 is 10.7. The smallest absolute Gasteiger partial charge is 0.241 e. The fourth-order valence-electron chi connectivity index (χ4n) is 2.49. The van der Waals surface area contributed by atoms with Crippen molar-refractivity contribution >= 4 is 11.6 Å². The zero-order valence-electron chi connectivity index (χ0n) is 14.0. The molecule has 24 heavy (non-hydrogen) atoms. The molecule has 126 valence electrons. The lowest BCUT2D eigenvalue weighted by Crippen LogP contribution is -2.37.